The van der Waals surface area contributed by atoms with Gasteiger partial charge in [-0.05, 0) is 113 Å². The van der Waals surface area contributed by atoms with E-state index in [1.54, 1.807) is 11.1 Å². The maximum absolute atomic E-state index is 14.1. The lowest BCUT2D eigenvalue weighted by atomic mass is 9.99. The Morgan fingerprint density at radius 1 is 0.882 bits per heavy atom. The van der Waals surface area contributed by atoms with Crippen molar-refractivity contribution in [3.05, 3.63) is 73.2 Å². The highest BCUT2D eigenvalue weighted by molar-refractivity contribution is 9.11. The van der Waals surface area contributed by atoms with Gasteiger partial charge >= 0.3 is 17.9 Å². The number of aromatic nitrogens is 2. The van der Waals surface area contributed by atoms with Gasteiger partial charge in [-0.2, -0.15) is 13.2 Å². The van der Waals surface area contributed by atoms with E-state index >= 15 is 0 Å². The summed E-state index contributed by atoms with van der Waals surface area (Å²) in [7, 11) is 0. The van der Waals surface area contributed by atoms with Crippen LogP contribution in [0, 0.1) is 0 Å². The number of amides is 3. The molecule has 0 unspecified atom stereocenters. The average Bonchev–Trinajstić information content (AvgIpc) is 3.30. The first kappa shape index (κ1) is 37.5. The molecule has 3 amide bonds. The Morgan fingerprint density at radius 2 is 1.49 bits per heavy atom. The molecule has 1 aromatic heterocycles. The molecule has 276 valence electrons. The predicted molar refractivity (Wildman–Crippen MR) is 197 cm³/mol. The number of likely N-dealkylation sites (tertiary alicyclic amines) is 3. The Hall–Kier alpha value is -3.30. The Bertz CT molecular complexity index is 1730. The number of nitrogens with two attached hydrogens (primary N) is 1. The summed E-state index contributed by atoms with van der Waals surface area (Å²) in [6.07, 6.45) is 5.08. The predicted octanol–water partition coefficient (Wildman–Crippen LogP) is 6.79. The number of H-pyrrole nitrogens is 1. The molecule has 3 saturated heterocycles. The lowest BCUT2D eigenvalue weighted by Crippen LogP contribution is -2.56. The number of carbonyl (C=O) groups excluding carboxylic acids is 2. The van der Waals surface area contributed by atoms with Gasteiger partial charge in [0, 0.05) is 65.4 Å². The molecule has 51 heavy (non-hydrogen) atoms. The number of nitrogen functional groups attached to an aromatic ring is 1. The summed E-state index contributed by atoms with van der Waals surface area (Å²) < 4.78 is 42.7. The molecule has 3 fully saturated rings. The Balaban J connectivity index is 1.11. The number of imidazole rings is 1. The van der Waals surface area contributed by atoms with Crippen molar-refractivity contribution in [3.8, 4) is 11.3 Å². The van der Waals surface area contributed by atoms with Crippen molar-refractivity contribution in [2.24, 2.45) is 0 Å². The number of rotatable bonds is 7. The van der Waals surface area contributed by atoms with Crippen LogP contribution in [-0.4, -0.2) is 87.5 Å². The molecule has 0 bridgehead atoms. The van der Waals surface area contributed by atoms with Crippen LogP contribution in [0.2, 0.25) is 0 Å². The summed E-state index contributed by atoms with van der Waals surface area (Å²) in [6, 6.07) is 7.65. The average molecular weight is 840 g/mol. The van der Waals surface area contributed by atoms with Crippen molar-refractivity contribution < 1.29 is 22.8 Å². The zero-order valence-electron chi connectivity index (χ0n) is 28.4. The highest BCUT2D eigenvalue weighted by Gasteiger charge is 2.34. The van der Waals surface area contributed by atoms with Gasteiger partial charge in [-0.1, -0.05) is 25.0 Å². The molecule has 4 heterocycles. The van der Waals surface area contributed by atoms with Gasteiger partial charge in [0.1, 0.15) is 6.04 Å². The third kappa shape index (κ3) is 9.02. The number of benzene rings is 2. The van der Waals surface area contributed by atoms with Gasteiger partial charge in [-0.25, -0.2) is 9.59 Å². The van der Waals surface area contributed by atoms with E-state index in [9.17, 15) is 27.6 Å². The van der Waals surface area contributed by atoms with E-state index in [-0.39, 0.29) is 30.0 Å². The van der Waals surface area contributed by atoms with Gasteiger partial charge in [0.2, 0.25) is 5.91 Å². The minimum atomic E-state index is -4.50. The normalized spacial score (nSPS) is 19.2. The number of anilines is 1. The molecule has 0 saturated carbocycles. The highest BCUT2D eigenvalue weighted by atomic mass is 79.9. The fourth-order valence-electron chi connectivity index (χ4n) is 7.60. The maximum Gasteiger partial charge on any atom is 0.416 e. The summed E-state index contributed by atoms with van der Waals surface area (Å²) in [5, 5.41) is 3.03. The van der Waals surface area contributed by atoms with Crippen molar-refractivity contribution in [2.45, 2.75) is 82.1 Å². The van der Waals surface area contributed by atoms with E-state index in [1.165, 1.54) is 42.4 Å². The summed E-state index contributed by atoms with van der Waals surface area (Å²) in [4.78, 5) is 49.5. The summed E-state index contributed by atoms with van der Waals surface area (Å²) in [5.74, 6) is -0.113. The maximum atomic E-state index is 14.1. The number of aromatic amines is 1. The second-order valence-electron chi connectivity index (χ2n) is 13.9. The molecule has 10 nitrogen and oxygen atoms in total. The lowest BCUT2D eigenvalue weighted by Gasteiger charge is -2.39. The van der Waals surface area contributed by atoms with Crippen molar-refractivity contribution >= 4 is 49.5 Å². The summed E-state index contributed by atoms with van der Waals surface area (Å²) in [6.45, 7) is 4.19. The topological polar surface area (TPSA) is 120 Å². The molecule has 1 atom stereocenters. The lowest BCUT2D eigenvalue weighted by molar-refractivity contribution is -0.137. The van der Waals surface area contributed by atoms with Gasteiger partial charge in [-0.3, -0.25) is 9.36 Å². The first-order valence-electron chi connectivity index (χ1n) is 17.7. The van der Waals surface area contributed by atoms with E-state index in [0.717, 1.165) is 43.6 Å². The minimum absolute atomic E-state index is 0.113. The molecule has 3 aliphatic heterocycles. The van der Waals surface area contributed by atoms with Crippen LogP contribution < -0.4 is 16.7 Å². The van der Waals surface area contributed by atoms with Crippen molar-refractivity contribution in [1.29, 1.82) is 0 Å². The number of urea groups is 1. The number of halogens is 5. The van der Waals surface area contributed by atoms with E-state index in [2.05, 4.69) is 47.1 Å². The summed E-state index contributed by atoms with van der Waals surface area (Å²) >= 11 is 6.99. The van der Waals surface area contributed by atoms with Gasteiger partial charge in [0.15, 0.2) is 0 Å². The zero-order chi connectivity index (χ0) is 36.3. The smallest absolute Gasteiger partial charge is 0.397 e. The van der Waals surface area contributed by atoms with Gasteiger partial charge in [-0.15, -0.1) is 0 Å². The van der Waals surface area contributed by atoms with Crippen LogP contribution >= 0.6 is 31.9 Å². The molecular formula is C36H44Br2F3N7O3. The number of hydrogen-bond acceptors (Lipinski definition) is 5. The van der Waals surface area contributed by atoms with E-state index in [0.29, 0.717) is 65.4 Å². The molecule has 0 spiro atoms. The third-order valence-electron chi connectivity index (χ3n) is 10.5. The second-order valence-corrected chi connectivity index (χ2v) is 15.6. The Kier molecular flexibility index (Phi) is 11.9. The standard InChI is InChI=1S/C36H44Br2F3N7O3/c37-28-18-23(19-29(38)32(28)42)20-30(33(49)46-14-8-26(9-15-46)45-12-3-1-2-4-13-45)43-34(50)47-16-10-27(11-17-47)48-22-31(44-35(48)51)24-6-5-7-25(21-24)36(39,40)41/h5-7,18-19,21-22,26-27,30H,1-4,8-17,20,42H2,(H,43,50)(H,44,51)/t30-/m1/s1. The van der Waals surface area contributed by atoms with E-state index in [1.807, 2.05) is 17.0 Å². The van der Waals surface area contributed by atoms with Crippen molar-refractivity contribution in [2.75, 3.05) is 45.0 Å². The number of nitrogens with one attached hydrogen (secondary N) is 2. The van der Waals surface area contributed by atoms with Gasteiger partial charge < -0.3 is 30.7 Å². The van der Waals surface area contributed by atoms with Gasteiger partial charge in [0.05, 0.1) is 16.9 Å². The Morgan fingerprint density at radius 3 is 2.12 bits per heavy atom. The molecule has 4 N–H and O–H groups in total. The highest BCUT2D eigenvalue weighted by Crippen LogP contribution is 2.33. The Labute approximate surface area is 312 Å². The van der Waals surface area contributed by atoms with Crippen LogP contribution in [0.5, 0.6) is 0 Å². The van der Waals surface area contributed by atoms with E-state index < -0.39 is 23.5 Å². The molecule has 0 aliphatic carbocycles. The largest absolute Gasteiger partial charge is 0.416 e. The number of alkyl halides is 3. The van der Waals surface area contributed by atoms with Crippen LogP contribution in [0.15, 0.2) is 56.3 Å². The first-order valence-corrected chi connectivity index (χ1v) is 19.3. The fourth-order valence-corrected chi connectivity index (χ4v) is 8.88. The third-order valence-corrected chi connectivity index (χ3v) is 11.8. The quantitative estimate of drug-likeness (QED) is 0.227. The number of hydrogen-bond donors (Lipinski definition) is 3. The van der Waals surface area contributed by atoms with Crippen molar-refractivity contribution in [3.63, 3.8) is 0 Å². The number of piperidine rings is 2. The number of carbonyl (C=O) groups is 2. The SMILES string of the molecule is Nc1c(Br)cc(C[C@@H](NC(=O)N2CCC(n3cc(-c4cccc(C(F)(F)F)c4)[nH]c3=O)CC2)C(=O)N2CCC(N3CCCCCC3)CC2)cc1Br. The fraction of sp³-hybridized carbons (Fsp3) is 0.528. The van der Waals surface area contributed by atoms with Crippen LogP contribution in [0.3, 0.4) is 0 Å². The second kappa shape index (κ2) is 16.2. The molecular weight excluding hydrogens is 795 g/mol. The first-order chi connectivity index (χ1) is 24.4. The monoisotopic (exact) mass is 837 g/mol. The molecule has 15 heteroatoms. The molecule has 3 aromatic rings. The molecule has 6 rings (SSSR count). The van der Waals surface area contributed by atoms with Crippen molar-refractivity contribution in [1.82, 2.24) is 29.6 Å². The van der Waals surface area contributed by atoms with Crippen LogP contribution in [0.25, 0.3) is 11.3 Å². The molecule has 0 radical (unpaired) electrons. The molecule has 3 aliphatic rings. The summed E-state index contributed by atoms with van der Waals surface area (Å²) in [5.41, 5.74) is 6.85. The van der Waals surface area contributed by atoms with Crippen LogP contribution in [-0.2, 0) is 17.4 Å². The van der Waals surface area contributed by atoms with Crippen LogP contribution in [0.4, 0.5) is 23.7 Å². The minimum Gasteiger partial charge on any atom is -0.397 e. The number of nitrogens with zero attached hydrogens (tertiary/aromatic N) is 4. The van der Waals surface area contributed by atoms with Gasteiger partial charge in [0.25, 0.3) is 0 Å². The van der Waals surface area contributed by atoms with E-state index in [4.69, 9.17) is 5.73 Å². The van der Waals surface area contributed by atoms with Crippen LogP contribution in [0.1, 0.15) is 68.5 Å². The molecule has 2 aromatic carbocycles. The zero-order valence-corrected chi connectivity index (χ0v) is 31.5.